The van der Waals surface area contributed by atoms with E-state index in [4.69, 9.17) is 26.2 Å². The minimum Gasteiger partial charge on any atom is -0.496 e. The van der Waals surface area contributed by atoms with Gasteiger partial charge >= 0.3 is 5.97 Å². The molecule has 136 valence electrons. The summed E-state index contributed by atoms with van der Waals surface area (Å²) in [6.07, 6.45) is 3.44. The Morgan fingerprint density at radius 1 is 1.15 bits per heavy atom. The number of para-hydroxylation sites is 1. The predicted molar refractivity (Wildman–Crippen MR) is 100 cm³/mol. The molecular weight excluding hydrogens is 356 g/mol. The van der Waals surface area contributed by atoms with E-state index in [1.807, 2.05) is 18.2 Å². The number of ketones is 1. The maximum absolute atomic E-state index is 12.6. The quantitative estimate of drug-likeness (QED) is 0.397. The van der Waals surface area contributed by atoms with E-state index in [-0.39, 0.29) is 18.8 Å². The number of carbonyl (C=O) groups excluding carboxylic acids is 1. The Kier molecular flexibility index (Phi) is 7.24. The molecule has 0 bridgehead atoms. The third kappa shape index (κ3) is 5.63. The molecule has 2 aromatic rings. The number of carbonyl (C=O) groups is 2. The van der Waals surface area contributed by atoms with Gasteiger partial charge in [0.25, 0.3) is 0 Å². The summed E-state index contributed by atoms with van der Waals surface area (Å²) in [5, 5.41) is 9.08. The number of methoxy groups -OCH3 is 1. The fourth-order valence-electron chi connectivity index (χ4n) is 2.29. The van der Waals surface area contributed by atoms with Crippen LogP contribution < -0.4 is 9.47 Å². The average molecular weight is 375 g/mol. The van der Waals surface area contributed by atoms with Crippen LogP contribution >= 0.6 is 11.6 Å². The van der Waals surface area contributed by atoms with E-state index in [0.29, 0.717) is 28.5 Å². The van der Waals surface area contributed by atoms with E-state index in [0.717, 1.165) is 5.56 Å². The number of benzene rings is 2. The Morgan fingerprint density at radius 3 is 2.65 bits per heavy atom. The fraction of sp³-hybridized carbons (Fsp3) is 0.200. The second-order valence-corrected chi connectivity index (χ2v) is 5.86. The number of allylic oxidation sites excluding steroid dienone is 1. The molecule has 0 aliphatic heterocycles. The minimum atomic E-state index is -0.888. The molecule has 0 aromatic heterocycles. The van der Waals surface area contributed by atoms with Gasteiger partial charge in [-0.15, -0.1) is 0 Å². The van der Waals surface area contributed by atoms with Gasteiger partial charge in [-0.05, 0) is 42.8 Å². The summed E-state index contributed by atoms with van der Waals surface area (Å²) in [5.74, 6) is -0.130. The zero-order valence-electron chi connectivity index (χ0n) is 14.3. The Labute approximate surface area is 156 Å². The Hall–Kier alpha value is -2.79. The van der Waals surface area contributed by atoms with E-state index in [1.165, 1.54) is 12.1 Å². The summed E-state index contributed by atoms with van der Waals surface area (Å²) in [6.45, 7) is 0.199. The van der Waals surface area contributed by atoms with Crippen LogP contribution in [-0.4, -0.2) is 30.6 Å². The third-order valence-corrected chi connectivity index (χ3v) is 3.79. The van der Waals surface area contributed by atoms with Gasteiger partial charge < -0.3 is 14.6 Å². The number of carboxylic acids is 1. The summed E-state index contributed by atoms with van der Waals surface area (Å²) >= 11 is 6.00. The van der Waals surface area contributed by atoms with Gasteiger partial charge in [0, 0.05) is 17.0 Å². The molecule has 0 atom stereocenters. The highest BCUT2D eigenvalue weighted by Crippen LogP contribution is 2.25. The molecule has 1 N–H and O–H groups in total. The number of carboxylic acid groups (broad SMARTS) is 1. The highest BCUT2D eigenvalue weighted by Gasteiger charge is 2.12. The van der Waals surface area contributed by atoms with Gasteiger partial charge in [-0.1, -0.05) is 29.8 Å². The van der Waals surface area contributed by atoms with Crippen molar-refractivity contribution in [2.24, 2.45) is 0 Å². The van der Waals surface area contributed by atoms with Crippen molar-refractivity contribution in [3.05, 3.63) is 64.7 Å². The van der Waals surface area contributed by atoms with E-state index < -0.39 is 5.97 Å². The molecule has 2 aromatic carbocycles. The molecule has 0 heterocycles. The van der Waals surface area contributed by atoms with Gasteiger partial charge in [0.15, 0.2) is 5.78 Å². The molecular formula is C20H19ClO5. The average Bonchev–Trinajstić information content (AvgIpc) is 2.64. The summed E-state index contributed by atoms with van der Waals surface area (Å²) in [5.41, 5.74) is 1.09. The van der Waals surface area contributed by atoms with Crippen LogP contribution in [0.2, 0.25) is 5.02 Å². The van der Waals surface area contributed by atoms with Crippen molar-refractivity contribution < 1.29 is 24.2 Å². The lowest BCUT2D eigenvalue weighted by Crippen LogP contribution is -2.05. The van der Waals surface area contributed by atoms with Crippen LogP contribution in [0.1, 0.15) is 28.8 Å². The molecule has 5 nitrogen and oxygen atoms in total. The van der Waals surface area contributed by atoms with Crippen LogP contribution in [0.3, 0.4) is 0 Å². The number of halogens is 1. The lowest BCUT2D eigenvalue weighted by Gasteiger charge is -2.10. The molecule has 0 amide bonds. The standard InChI is InChI=1S/C20H19ClO5/c1-25-18-6-3-2-5-14(18)8-10-17(22)16-13-15(21)9-11-19(16)26-12-4-7-20(23)24/h2-3,5-6,8-11,13H,4,7,12H2,1H3,(H,23,24)/b10-8-. The molecule has 0 aliphatic rings. The molecule has 0 saturated heterocycles. The normalized spacial score (nSPS) is 10.7. The molecule has 0 radical (unpaired) electrons. The van der Waals surface area contributed by atoms with E-state index in [9.17, 15) is 9.59 Å². The van der Waals surface area contributed by atoms with Crippen LogP contribution in [0.5, 0.6) is 11.5 Å². The molecule has 0 unspecified atom stereocenters. The van der Waals surface area contributed by atoms with Crippen molar-refractivity contribution in [2.75, 3.05) is 13.7 Å². The lowest BCUT2D eigenvalue weighted by molar-refractivity contribution is -0.137. The number of hydrogen-bond donors (Lipinski definition) is 1. The van der Waals surface area contributed by atoms with Crippen molar-refractivity contribution in [2.45, 2.75) is 12.8 Å². The third-order valence-electron chi connectivity index (χ3n) is 3.55. The summed E-state index contributed by atoms with van der Waals surface area (Å²) in [4.78, 5) is 23.1. The van der Waals surface area contributed by atoms with Crippen molar-refractivity contribution in [3.63, 3.8) is 0 Å². The van der Waals surface area contributed by atoms with E-state index >= 15 is 0 Å². The largest absolute Gasteiger partial charge is 0.496 e. The topological polar surface area (TPSA) is 72.8 Å². The molecule has 2 rings (SSSR count). The lowest BCUT2D eigenvalue weighted by atomic mass is 10.1. The second kappa shape index (κ2) is 9.63. The van der Waals surface area contributed by atoms with Crippen molar-refractivity contribution in [1.29, 1.82) is 0 Å². The Bertz CT molecular complexity index is 814. The van der Waals surface area contributed by atoms with Crippen LogP contribution in [0.15, 0.2) is 48.5 Å². The number of hydrogen-bond acceptors (Lipinski definition) is 4. The predicted octanol–water partition coefficient (Wildman–Crippen LogP) is 4.49. The van der Waals surface area contributed by atoms with Crippen LogP contribution in [-0.2, 0) is 4.79 Å². The van der Waals surface area contributed by atoms with Crippen molar-refractivity contribution >= 4 is 29.4 Å². The smallest absolute Gasteiger partial charge is 0.303 e. The van der Waals surface area contributed by atoms with Gasteiger partial charge in [0.1, 0.15) is 11.5 Å². The SMILES string of the molecule is COc1ccccc1/C=C\C(=O)c1cc(Cl)ccc1OCCCC(=O)O. The highest BCUT2D eigenvalue weighted by molar-refractivity contribution is 6.31. The molecule has 0 fully saturated rings. The number of ether oxygens (including phenoxy) is 2. The first-order chi connectivity index (χ1) is 12.5. The highest BCUT2D eigenvalue weighted by atomic mass is 35.5. The zero-order valence-corrected chi connectivity index (χ0v) is 15.0. The molecule has 0 aliphatic carbocycles. The first-order valence-corrected chi connectivity index (χ1v) is 8.38. The molecule has 0 saturated carbocycles. The maximum Gasteiger partial charge on any atom is 0.303 e. The van der Waals surface area contributed by atoms with Crippen LogP contribution in [0.25, 0.3) is 6.08 Å². The maximum atomic E-state index is 12.6. The van der Waals surface area contributed by atoms with Gasteiger partial charge in [-0.25, -0.2) is 0 Å². The fourth-order valence-corrected chi connectivity index (χ4v) is 2.46. The zero-order chi connectivity index (χ0) is 18.9. The Balaban J connectivity index is 2.15. The van der Waals surface area contributed by atoms with E-state index in [2.05, 4.69) is 0 Å². The van der Waals surface area contributed by atoms with Crippen molar-refractivity contribution in [1.82, 2.24) is 0 Å². The Morgan fingerprint density at radius 2 is 1.92 bits per heavy atom. The number of aliphatic carboxylic acids is 1. The van der Waals surface area contributed by atoms with Gasteiger partial charge in [-0.2, -0.15) is 0 Å². The summed E-state index contributed by atoms with van der Waals surface area (Å²) in [7, 11) is 1.56. The van der Waals surface area contributed by atoms with E-state index in [1.54, 1.807) is 31.4 Å². The monoisotopic (exact) mass is 374 g/mol. The first kappa shape index (κ1) is 19.5. The first-order valence-electron chi connectivity index (χ1n) is 8.01. The molecule has 26 heavy (non-hydrogen) atoms. The molecule has 0 spiro atoms. The van der Waals surface area contributed by atoms with Gasteiger partial charge in [0.05, 0.1) is 19.3 Å². The van der Waals surface area contributed by atoms with Crippen molar-refractivity contribution in [3.8, 4) is 11.5 Å². The molecule has 6 heteroatoms. The van der Waals surface area contributed by atoms with Crippen LogP contribution in [0, 0.1) is 0 Å². The summed E-state index contributed by atoms with van der Waals surface area (Å²) in [6, 6.07) is 12.1. The minimum absolute atomic E-state index is 0.00454. The van der Waals surface area contributed by atoms with Gasteiger partial charge in [0.2, 0.25) is 0 Å². The van der Waals surface area contributed by atoms with Gasteiger partial charge in [-0.3, -0.25) is 9.59 Å². The second-order valence-electron chi connectivity index (χ2n) is 5.43. The van der Waals surface area contributed by atoms with Crippen LogP contribution in [0.4, 0.5) is 0 Å². The number of rotatable bonds is 9. The summed E-state index contributed by atoms with van der Waals surface area (Å²) < 4.78 is 10.8.